The smallest absolute Gasteiger partial charge is 0.228 e. The van der Waals surface area contributed by atoms with Gasteiger partial charge < -0.3 is 15.1 Å². The van der Waals surface area contributed by atoms with E-state index in [4.69, 9.17) is 4.42 Å². The predicted octanol–water partition coefficient (Wildman–Crippen LogP) is 4.44. The highest BCUT2D eigenvalue weighted by molar-refractivity contribution is 5.97. The predicted molar refractivity (Wildman–Crippen MR) is 103 cm³/mol. The van der Waals surface area contributed by atoms with Crippen molar-refractivity contribution in [1.82, 2.24) is 0 Å². The third kappa shape index (κ3) is 3.77. The van der Waals surface area contributed by atoms with Crippen molar-refractivity contribution in [3.05, 3.63) is 59.4 Å². The number of aryl methyl sites for hydroxylation is 1. The average Bonchev–Trinajstić information content (AvgIpc) is 3.00. The highest BCUT2D eigenvalue weighted by Crippen LogP contribution is 2.25. The number of fused-ring (bicyclic) bond motifs is 1. The Labute approximate surface area is 152 Å². The van der Waals surface area contributed by atoms with E-state index in [2.05, 4.69) is 23.6 Å². The minimum atomic E-state index is -0.145. The van der Waals surface area contributed by atoms with Gasteiger partial charge in [0.2, 0.25) is 11.8 Å². The number of carbonyl (C=O) groups excluding carboxylic acids is 2. The monoisotopic (exact) mass is 350 g/mol. The van der Waals surface area contributed by atoms with Crippen LogP contribution in [0.3, 0.4) is 0 Å². The topological polar surface area (TPSA) is 71.3 Å². The van der Waals surface area contributed by atoms with Crippen LogP contribution in [-0.4, -0.2) is 11.8 Å². The summed E-state index contributed by atoms with van der Waals surface area (Å²) in [4.78, 5) is 23.8. The number of rotatable bonds is 5. The maximum absolute atomic E-state index is 12.5. The van der Waals surface area contributed by atoms with Crippen LogP contribution in [0.15, 0.2) is 47.1 Å². The molecule has 1 aromatic heterocycles. The van der Waals surface area contributed by atoms with Crippen LogP contribution < -0.4 is 10.6 Å². The summed E-state index contributed by atoms with van der Waals surface area (Å²) in [6.07, 6.45) is 2.81. The first kappa shape index (κ1) is 17.7. The Bertz CT molecular complexity index is 973. The van der Waals surface area contributed by atoms with Gasteiger partial charge in [-0.2, -0.15) is 0 Å². The van der Waals surface area contributed by atoms with Gasteiger partial charge >= 0.3 is 0 Å². The molecule has 26 heavy (non-hydrogen) atoms. The lowest BCUT2D eigenvalue weighted by Gasteiger charge is -2.12. The summed E-state index contributed by atoms with van der Waals surface area (Å²) in [5.41, 5.74) is 5.05. The van der Waals surface area contributed by atoms with Gasteiger partial charge in [-0.15, -0.1) is 0 Å². The molecule has 134 valence electrons. The molecule has 0 bridgehead atoms. The van der Waals surface area contributed by atoms with Crippen molar-refractivity contribution < 1.29 is 14.0 Å². The number of nitrogens with one attached hydrogen (secondary N) is 2. The van der Waals surface area contributed by atoms with Crippen molar-refractivity contribution in [2.45, 2.75) is 33.6 Å². The lowest BCUT2D eigenvalue weighted by molar-refractivity contribution is -0.115. The zero-order valence-corrected chi connectivity index (χ0v) is 15.2. The summed E-state index contributed by atoms with van der Waals surface area (Å²) in [5, 5.41) is 6.64. The van der Waals surface area contributed by atoms with E-state index >= 15 is 0 Å². The van der Waals surface area contributed by atoms with E-state index in [1.165, 1.54) is 12.5 Å². The molecule has 0 aliphatic heterocycles. The van der Waals surface area contributed by atoms with Gasteiger partial charge in [0, 0.05) is 29.2 Å². The average molecular weight is 350 g/mol. The van der Waals surface area contributed by atoms with Gasteiger partial charge in [-0.3, -0.25) is 9.59 Å². The molecule has 0 unspecified atom stereocenters. The van der Waals surface area contributed by atoms with Crippen LogP contribution in [0.4, 0.5) is 11.4 Å². The fraction of sp³-hybridized carbons (Fsp3) is 0.238. The number of hydrogen-bond acceptors (Lipinski definition) is 3. The first-order valence-corrected chi connectivity index (χ1v) is 8.64. The molecule has 0 aliphatic rings. The van der Waals surface area contributed by atoms with Crippen molar-refractivity contribution in [2.75, 3.05) is 10.6 Å². The Hall–Kier alpha value is -3.08. The molecular weight excluding hydrogens is 328 g/mol. The minimum absolute atomic E-state index is 0.129. The molecule has 1 heterocycles. The highest BCUT2D eigenvalue weighted by atomic mass is 16.3. The quantitative estimate of drug-likeness (QED) is 0.714. The van der Waals surface area contributed by atoms with Crippen LogP contribution in [0.5, 0.6) is 0 Å². The normalized spacial score (nSPS) is 10.7. The Balaban J connectivity index is 1.76. The van der Waals surface area contributed by atoms with E-state index < -0.39 is 0 Å². The number of amides is 2. The summed E-state index contributed by atoms with van der Waals surface area (Å²) in [5.74, 6) is -0.275. The molecule has 0 fully saturated rings. The van der Waals surface area contributed by atoms with Crippen LogP contribution in [0.25, 0.3) is 11.0 Å². The van der Waals surface area contributed by atoms with E-state index in [1.807, 2.05) is 25.1 Å². The minimum Gasteiger partial charge on any atom is -0.464 e. The van der Waals surface area contributed by atoms with Gasteiger partial charge in [-0.1, -0.05) is 25.1 Å². The Morgan fingerprint density at radius 2 is 1.81 bits per heavy atom. The van der Waals surface area contributed by atoms with Gasteiger partial charge in [-0.25, -0.2) is 0 Å². The second kappa shape index (κ2) is 7.44. The summed E-state index contributed by atoms with van der Waals surface area (Å²) < 4.78 is 5.60. The van der Waals surface area contributed by atoms with E-state index in [0.29, 0.717) is 11.4 Å². The van der Waals surface area contributed by atoms with Crippen molar-refractivity contribution in [1.29, 1.82) is 0 Å². The van der Waals surface area contributed by atoms with Crippen molar-refractivity contribution >= 4 is 34.2 Å². The van der Waals surface area contributed by atoms with Gasteiger partial charge in [0.1, 0.15) is 5.58 Å². The first-order valence-electron chi connectivity index (χ1n) is 8.64. The summed E-state index contributed by atoms with van der Waals surface area (Å²) in [6, 6.07) is 11.5. The molecule has 3 aromatic rings. The molecule has 2 N–H and O–H groups in total. The molecule has 0 aliphatic carbocycles. The van der Waals surface area contributed by atoms with Crippen LogP contribution in [-0.2, 0) is 22.4 Å². The van der Waals surface area contributed by atoms with Crippen LogP contribution in [0.2, 0.25) is 0 Å². The second-order valence-corrected chi connectivity index (χ2v) is 6.33. The Morgan fingerprint density at radius 1 is 1.08 bits per heavy atom. The Morgan fingerprint density at radius 3 is 2.50 bits per heavy atom. The second-order valence-electron chi connectivity index (χ2n) is 6.33. The van der Waals surface area contributed by atoms with E-state index in [1.54, 1.807) is 18.4 Å². The number of carbonyl (C=O) groups is 2. The van der Waals surface area contributed by atoms with Crippen molar-refractivity contribution in [3.63, 3.8) is 0 Å². The fourth-order valence-electron chi connectivity index (χ4n) is 2.95. The largest absolute Gasteiger partial charge is 0.464 e. The molecule has 0 spiro atoms. The van der Waals surface area contributed by atoms with Crippen LogP contribution >= 0.6 is 0 Å². The van der Waals surface area contributed by atoms with E-state index in [-0.39, 0.29) is 18.2 Å². The van der Waals surface area contributed by atoms with Crippen LogP contribution in [0.1, 0.15) is 30.5 Å². The molecule has 0 saturated heterocycles. The number of hydrogen-bond donors (Lipinski definition) is 2. The number of benzene rings is 2. The van der Waals surface area contributed by atoms with E-state index in [9.17, 15) is 9.59 Å². The molecule has 3 rings (SSSR count). The molecule has 2 aromatic carbocycles. The molecule has 0 saturated carbocycles. The maximum Gasteiger partial charge on any atom is 0.228 e. The first-order chi connectivity index (χ1) is 12.5. The summed E-state index contributed by atoms with van der Waals surface area (Å²) >= 11 is 0. The standard InChI is InChI=1S/C21H22N2O3/c1-4-15-8-9-17-16(12-26-20(17)10-15)11-21(25)23-19-7-5-6-18(13(19)2)22-14(3)24/h5-10,12H,4,11H2,1-3H3,(H,22,24)(H,23,25). The highest BCUT2D eigenvalue weighted by Gasteiger charge is 2.13. The molecule has 5 nitrogen and oxygen atoms in total. The maximum atomic E-state index is 12.5. The molecular formula is C21H22N2O3. The lowest BCUT2D eigenvalue weighted by atomic mass is 10.1. The SMILES string of the molecule is CCc1ccc2c(CC(=O)Nc3cccc(NC(C)=O)c3C)coc2c1. The summed E-state index contributed by atoms with van der Waals surface area (Å²) in [7, 11) is 0. The lowest BCUT2D eigenvalue weighted by Crippen LogP contribution is -2.16. The third-order valence-electron chi connectivity index (χ3n) is 4.40. The fourth-order valence-corrected chi connectivity index (χ4v) is 2.95. The number of furan rings is 1. The Kier molecular flexibility index (Phi) is 5.07. The van der Waals surface area contributed by atoms with Crippen molar-refractivity contribution in [3.8, 4) is 0 Å². The van der Waals surface area contributed by atoms with Crippen LogP contribution in [0, 0.1) is 6.92 Å². The molecule has 0 radical (unpaired) electrons. The summed E-state index contributed by atoms with van der Waals surface area (Å²) in [6.45, 7) is 5.41. The zero-order chi connectivity index (χ0) is 18.7. The number of anilines is 2. The molecule has 5 heteroatoms. The van der Waals surface area contributed by atoms with Gasteiger partial charge in [0.25, 0.3) is 0 Å². The van der Waals surface area contributed by atoms with E-state index in [0.717, 1.165) is 28.5 Å². The third-order valence-corrected chi connectivity index (χ3v) is 4.40. The van der Waals surface area contributed by atoms with Gasteiger partial charge in [0.05, 0.1) is 12.7 Å². The van der Waals surface area contributed by atoms with Gasteiger partial charge in [0.15, 0.2) is 0 Å². The molecule has 0 atom stereocenters. The van der Waals surface area contributed by atoms with Gasteiger partial charge in [-0.05, 0) is 42.7 Å². The molecule has 2 amide bonds. The van der Waals surface area contributed by atoms with Crippen molar-refractivity contribution in [2.24, 2.45) is 0 Å². The zero-order valence-electron chi connectivity index (χ0n) is 15.2.